The molecular weight excluding hydrogens is 396 g/mol. The first-order valence-electron chi connectivity index (χ1n) is 9.72. The van der Waals surface area contributed by atoms with Gasteiger partial charge in [-0.25, -0.2) is 0 Å². The van der Waals surface area contributed by atoms with Crippen LogP contribution >= 0.6 is 11.8 Å². The highest BCUT2D eigenvalue weighted by molar-refractivity contribution is 7.99. The Kier molecular flexibility index (Phi) is 6.05. The lowest BCUT2D eigenvalue weighted by Crippen LogP contribution is -2.41. The van der Waals surface area contributed by atoms with Crippen molar-refractivity contribution in [2.75, 3.05) is 22.6 Å². The topological polar surface area (TPSA) is 58.6 Å². The molecule has 3 aromatic carbocycles. The van der Waals surface area contributed by atoms with Gasteiger partial charge in [0.25, 0.3) is 5.91 Å². The van der Waals surface area contributed by atoms with Crippen LogP contribution in [0.25, 0.3) is 0 Å². The van der Waals surface area contributed by atoms with Crippen LogP contribution in [0.4, 0.5) is 11.4 Å². The van der Waals surface area contributed by atoms with Gasteiger partial charge in [0.2, 0.25) is 5.91 Å². The predicted octanol–water partition coefficient (Wildman–Crippen LogP) is 4.90. The number of hydrogen-bond donors (Lipinski definition) is 1. The van der Waals surface area contributed by atoms with Crippen LogP contribution in [0.3, 0.4) is 0 Å². The Morgan fingerprint density at radius 3 is 2.50 bits per heavy atom. The fourth-order valence-corrected chi connectivity index (χ4v) is 4.68. The van der Waals surface area contributed by atoms with Crippen molar-refractivity contribution in [1.29, 1.82) is 0 Å². The second kappa shape index (κ2) is 9.05. The third-order valence-electron chi connectivity index (χ3n) is 4.84. The van der Waals surface area contributed by atoms with Crippen LogP contribution in [0, 0.1) is 0 Å². The van der Waals surface area contributed by atoms with E-state index in [4.69, 9.17) is 4.74 Å². The zero-order chi connectivity index (χ0) is 20.9. The number of nitrogens with one attached hydrogen (secondary N) is 1. The largest absolute Gasteiger partial charge is 0.482 e. The number of fused-ring (bicyclic) bond motifs is 1. The van der Waals surface area contributed by atoms with Gasteiger partial charge in [-0.15, -0.1) is 11.8 Å². The second-order valence-corrected chi connectivity index (χ2v) is 8.00. The summed E-state index contributed by atoms with van der Waals surface area (Å²) in [5, 5.41) is 2.73. The maximum absolute atomic E-state index is 13.4. The number of anilines is 2. The monoisotopic (exact) mass is 418 g/mol. The van der Waals surface area contributed by atoms with Crippen molar-refractivity contribution in [2.45, 2.75) is 17.9 Å². The molecule has 0 unspecified atom stereocenters. The van der Waals surface area contributed by atoms with Crippen LogP contribution in [0.15, 0.2) is 83.8 Å². The smallest absolute Gasteiger partial charge is 0.265 e. The molecule has 0 bridgehead atoms. The molecule has 6 heteroatoms. The second-order valence-electron chi connectivity index (χ2n) is 6.93. The number of carbonyl (C=O) groups excluding carboxylic acids is 2. The standard InChI is InChI=1S/C24H22N2O3S/c1-17(27)25-19-11-5-7-13-22(19)29-15-24(28)26-20-12-6-8-14-23(20)30-16-21(26)18-9-3-2-4-10-18/h2-14,21H,15-16H2,1H3,(H,25,27)/t21-/m0/s1. The van der Waals surface area contributed by atoms with Gasteiger partial charge in [0.1, 0.15) is 5.75 Å². The number of hydrogen-bond acceptors (Lipinski definition) is 4. The fraction of sp³-hybridized carbons (Fsp3) is 0.167. The number of ether oxygens (including phenoxy) is 1. The molecule has 3 aromatic rings. The number of benzene rings is 3. The van der Waals surface area contributed by atoms with Crippen LogP contribution in [0.2, 0.25) is 0 Å². The van der Waals surface area contributed by atoms with Crippen LogP contribution in [-0.4, -0.2) is 24.2 Å². The molecule has 0 aromatic heterocycles. The minimum atomic E-state index is -0.191. The van der Waals surface area contributed by atoms with E-state index < -0.39 is 0 Å². The van der Waals surface area contributed by atoms with E-state index in [1.807, 2.05) is 71.6 Å². The van der Waals surface area contributed by atoms with Crippen LogP contribution < -0.4 is 15.0 Å². The highest BCUT2D eigenvalue weighted by atomic mass is 32.2. The van der Waals surface area contributed by atoms with Gasteiger partial charge in [-0.2, -0.15) is 0 Å². The van der Waals surface area contributed by atoms with E-state index in [0.29, 0.717) is 11.4 Å². The van der Waals surface area contributed by atoms with E-state index in [-0.39, 0.29) is 24.5 Å². The summed E-state index contributed by atoms with van der Waals surface area (Å²) in [6.07, 6.45) is 0. The van der Waals surface area contributed by atoms with Crippen LogP contribution in [0.5, 0.6) is 5.75 Å². The van der Waals surface area contributed by atoms with Gasteiger partial charge in [-0.1, -0.05) is 54.6 Å². The third kappa shape index (κ3) is 4.33. The van der Waals surface area contributed by atoms with Crippen molar-refractivity contribution < 1.29 is 14.3 Å². The zero-order valence-electron chi connectivity index (χ0n) is 16.6. The molecule has 1 aliphatic heterocycles. The maximum Gasteiger partial charge on any atom is 0.265 e. The quantitative estimate of drug-likeness (QED) is 0.640. The van der Waals surface area contributed by atoms with Gasteiger partial charge in [-0.05, 0) is 29.8 Å². The minimum Gasteiger partial charge on any atom is -0.482 e. The number of amides is 2. The van der Waals surface area contributed by atoms with E-state index in [1.54, 1.807) is 23.9 Å². The summed E-state index contributed by atoms with van der Waals surface area (Å²) in [6, 6.07) is 25.0. The number of rotatable bonds is 5. The van der Waals surface area contributed by atoms with Gasteiger partial charge < -0.3 is 10.1 Å². The Labute approximate surface area is 180 Å². The molecule has 5 nitrogen and oxygen atoms in total. The van der Waals surface area contributed by atoms with Gasteiger partial charge in [0.05, 0.1) is 17.4 Å². The summed E-state index contributed by atoms with van der Waals surface area (Å²) in [4.78, 5) is 27.7. The summed E-state index contributed by atoms with van der Waals surface area (Å²) in [5.74, 6) is 0.921. The lowest BCUT2D eigenvalue weighted by Gasteiger charge is -2.37. The van der Waals surface area contributed by atoms with Crippen molar-refractivity contribution in [2.24, 2.45) is 0 Å². The highest BCUT2D eigenvalue weighted by Gasteiger charge is 2.32. The molecule has 1 N–H and O–H groups in total. The van der Waals surface area contributed by atoms with Gasteiger partial charge in [0, 0.05) is 17.6 Å². The van der Waals surface area contributed by atoms with Crippen molar-refractivity contribution in [3.05, 3.63) is 84.4 Å². The highest BCUT2D eigenvalue weighted by Crippen LogP contribution is 2.43. The van der Waals surface area contributed by atoms with Crippen molar-refractivity contribution >= 4 is 35.0 Å². The fourth-order valence-electron chi connectivity index (χ4n) is 3.51. The Morgan fingerprint density at radius 1 is 1.00 bits per heavy atom. The third-order valence-corrected chi connectivity index (χ3v) is 5.97. The number of thioether (sulfide) groups is 1. The predicted molar refractivity (Wildman–Crippen MR) is 120 cm³/mol. The van der Waals surface area contributed by atoms with Gasteiger partial charge in [0.15, 0.2) is 6.61 Å². The molecule has 1 aliphatic rings. The first-order chi connectivity index (χ1) is 14.6. The molecule has 4 rings (SSSR count). The molecule has 0 fully saturated rings. The zero-order valence-corrected chi connectivity index (χ0v) is 17.4. The Morgan fingerprint density at radius 2 is 1.70 bits per heavy atom. The lowest BCUT2D eigenvalue weighted by atomic mass is 10.1. The Balaban J connectivity index is 1.60. The van der Waals surface area contributed by atoms with E-state index in [2.05, 4.69) is 5.32 Å². The molecule has 0 aliphatic carbocycles. The first-order valence-corrected chi connectivity index (χ1v) is 10.7. The van der Waals surface area contributed by atoms with E-state index in [9.17, 15) is 9.59 Å². The molecule has 2 amide bonds. The van der Waals surface area contributed by atoms with Crippen molar-refractivity contribution in [1.82, 2.24) is 0 Å². The van der Waals surface area contributed by atoms with Gasteiger partial charge >= 0.3 is 0 Å². The van der Waals surface area contributed by atoms with E-state index in [1.165, 1.54) is 6.92 Å². The summed E-state index contributed by atoms with van der Waals surface area (Å²) in [5.41, 5.74) is 2.53. The average Bonchev–Trinajstić information content (AvgIpc) is 2.77. The first kappa shape index (κ1) is 20.0. The molecule has 1 atom stereocenters. The molecule has 152 valence electrons. The van der Waals surface area contributed by atoms with Crippen LogP contribution in [0.1, 0.15) is 18.5 Å². The molecule has 30 heavy (non-hydrogen) atoms. The number of carbonyl (C=O) groups is 2. The lowest BCUT2D eigenvalue weighted by molar-refractivity contribution is -0.121. The SMILES string of the molecule is CC(=O)Nc1ccccc1OCC(=O)N1c2ccccc2SC[C@H]1c1ccccc1. The Hall–Kier alpha value is -3.25. The van der Waals surface area contributed by atoms with Crippen LogP contribution in [-0.2, 0) is 9.59 Å². The molecule has 0 radical (unpaired) electrons. The summed E-state index contributed by atoms with van der Waals surface area (Å²) < 4.78 is 5.84. The summed E-state index contributed by atoms with van der Waals surface area (Å²) >= 11 is 1.75. The average molecular weight is 419 g/mol. The van der Waals surface area contributed by atoms with E-state index in [0.717, 1.165) is 21.9 Å². The molecule has 0 spiro atoms. The molecule has 1 heterocycles. The number of nitrogens with zero attached hydrogens (tertiary/aromatic N) is 1. The van der Waals surface area contributed by atoms with Crippen molar-refractivity contribution in [3.63, 3.8) is 0 Å². The normalized spacial score (nSPS) is 15.2. The molecule has 0 saturated heterocycles. The Bertz CT molecular complexity index is 1060. The maximum atomic E-state index is 13.4. The summed E-state index contributed by atoms with van der Waals surface area (Å²) in [6.45, 7) is 1.31. The molecular formula is C24H22N2O3S. The van der Waals surface area contributed by atoms with Crippen molar-refractivity contribution in [3.8, 4) is 5.75 Å². The molecule has 0 saturated carbocycles. The minimum absolute atomic E-state index is 0.0761. The summed E-state index contributed by atoms with van der Waals surface area (Å²) in [7, 11) is 0. The van der Waals surface area contributed by atoms with E-state index >= 15 is 0 Å². The van der Waals surface area contributed by atoms with Gasteiger partial charge in [-0.3, -0.25) is 14.5 Å². The number of para-hydroxylation sites is 3.